The van der Waals surface area contributed by atoms with Gasteiger partial charge in [0, 0.05) is 6.04 Å². The smallest absolute Gasteiger partial charge is 0.274 e. The molecule has 1 heterocycles. The number of amides is 2. The minimum Gasteiger partial charge on any atom is -0.489 e. The van der Waals surface area contributed by atoms with Gasteiger partial charge < -0.3 is 15.4 Å². The lowest BCUT2D eigenvalue weighted by Crippen LogP contribution is -2.33. The highest BCUT2D eigenvalue weighted by Crippen LogP contribution is 2.25. The Balaban J connectivity index is 1.71. The van der Waals surface area contributed by atoms with E-state index in [1.807, 2.05) is 26.0 Å². The van der Waals surface area contributed by atoms with Gasteiger partial charge in [0.15, 0.2) is 0 Å². The Morgan fingerprint density at radius 3 is 2.37 bits per heavy atom. The Hall–Kier alpha value is -2.89. The van der Waals surface area contributed by atoms with Gasteiger partial charge in [-0.3, -0.25) is 9.59 Å². The quantitative estimate of drug-likeness (QED) is 0.814. The van der Waals surface area contributed by atoms with Crippen molar-refractivity contribution in [1.29, 1.82) is 0 Å². The molecule has 1 fully saturated rings. The molecule has 0 aliphatic heterocycles. The van der Waals surface area contributed by atoms with Crippen LogP contribution >= 0.6 is 0 Å². The van der Waals surface area contributed by atoms with E-state index in [2.05, 4.69) is 15.6 Å². The Kier molecular flexibility index (Phi) is 6.06. The molecular formula is C21H25N3O3. The lowest BCUT2D eigenvalue weighted by Gasteiger charge is -2.15. The average Bonchev–Trinajstić information content (AvgIpc) is 3.16. The summed E-state index contributed by atoms with van der Waals surface area (Å²) in [4.78, 5) is 29.2. The molecule has 1 aliphatic carbocycles. The molecule has 2 amide bonds. The second-order valence-electron chi connectivity index (χ2n) is 6.98. The van der Waals surface area contributed by atoms with Crippen molar-refractivity contribution in [3.05, 3.63) is 53.9 Å². The fraction of sp³-hybridized carbons (Fsp3) is 0.381. The van der Waals surface area contributed by atoms with Crippen molar-refractivity contribution >= 4 is 17.5 Å². The van der Waals surface area contributed by atoms with E-state index in [4.69, 9.17) is 4.74 Å². The zero-order chi connectivity index (χ0) is 19.2. The third-order valence-electron chi connectivity index (χ3n) is 4.40. The van der Waals surface area contributed by atoms with E-state index in [1.54, 1.807) is 30.3 Å². The molecule has 0 unspecified atom stereocenters. The molecule has 1 aromatic carbocycles. The highest BCUT2D eigenvalue weighted by Gasteiger charge is 2.20. The largest absolute Gasteiger partial charge is 0.489 e. The van der Waals surface area contributed by atoms with Gasteiger partial charge in [-0.25, -0.2) is 4.98 Å². The Morgan fingerprint density at radius 1 is 1.00 bits per heavy atom. The summed E-state index contributed by atoms with van der Waals surface area (Å²) in [5.74, 6) is -0.0265. The number of benzene rings is 1. The van der Waals surface area contributed by atoms with Crippen molar-refractivity contribution < 1.29 is 14.3 Å². The van der Waals surface area contributed by atoms with Crippen LogP contribution in [0.5, 0.6) is 5.75 Å². The first-order chi connectivity index (χ1) is 13.0. The van der Waals surface area contributed by atoms with Crippen LogP contribution in [0.3, 0.4) is 0 Å². The standard InChI is InChI=1S/C21H25N3O3/c1-14(2)27-19-13-6-5-10-16(19)24-21(26)18-12-7-11-17(23-18)20(25)22-15-8-3-4-9-15/h5-7,10-15H,3-4,8-9H2,1-2H3,(H,22,25)(H,24,26). The number of carbonyl (C=O) groups is 2. The number of anilines is 1. The molecule has 1 aliphatic rings. The van der Waals surface area contributed by atoms with Crippen LogP contribution in [0.2, 0.25) is 0 Å². The molecule has 142 valence electrons. The average molecular weight is 367 g/mol. The third kappa shape index (κ3) is 5.06. The first-order valence-electron chi connectivity index (χ1n) is 9.38. The van der Waals surface area contributed by atoms with Crippen molar-refractivity contribution in [3.63, 3.8) is 0 Å². The van der Waals surface area contributed by atoms with E-state index < -0.39 is 0 Å². The highest BCUT2D eigenvalue weighted by molar-refractivity contribution is 6.04. The summed E-state index contributed by atoms with van der Waals surface area (Å²) in [5.41, 5.74) is 1.01. The summed E-state index contributed by atoms with van der Waals surface area (Å²) < 4.78 is 5.72. The number of nitrogens with one attached hydrogen (secondary N) is 2. The van der Waals surface area contributed by atoms with Crippen LogP contribution in [-0.4, -0.2) is 28.9 Å². The lowest BCUT2D eigenvalue weighted by molar-refractivity contribution is 0.0932. The van der Waals surface area contributed by atoms with Crippen molar-refractivity contribution in [2.75, 3.05) is 5.32 Å². The lowest BCUT2D eigenvalue weighted by atomic mass is 10.2. The zero-order valence-corrected chi connectivity index (χ0v) is 15.7. The Bertz CT molecular complexity index is 814. The van der Waals surface area contributed by atoms with Crippen molar-refractivity contribution in [1.82, 2.24) is 10.3 Å². The molecule has 2 N–H and O–H groups in total. The van der Waals surface area contributed by atoms with Crippen molar-refractivity contribution in [2.45, 2.75) is 51.7 Å². The van der Waals surface area contributed by atoms with Crippen LogP contribution in [0.4, 0.5) is 5.69 Å². The predicted molar refractivity (Wildman–Crippen MR) is 104 cm³/mol. The van der Waals surface area contributed by atoms with Crippen LogP contribution in [0.1, 0.15) is 60.5 Å². The van der Waals surface area contributed by atoms with E-state index in [-0.39, 0.29) is 35.3 Å². The maximum atomic E-state index is 12.6. The number of hydrogen-bond acceptors (Lipinski definition) is 4. The number of nitrogens with zero attached hydrogens (tertiary/aromatic N) is 1. The fourth-order valence-corrected chi connectivity index (χ4v) is 3.13. The van der Waals surface area contributed by atoms with Gasteiger partial charge in [0.2, 0.25) is 0 Å². The molecule has 0 spiro atoms. The molecule has 0 atom stereocenters. The monoisotopic (exact) mass is 367 g/mol. The molecule has 27 heavy (non-hydrogen) atoms. The van der Waals surface area contributed by atoms with Gasteiger partial charge in [0.05, 0.1) is 11.8 Å². The molecule has 0 bridgehead atoms. The van der Waals surface area contributed by atoms with Crippen LogP contribution in [0.25, 0.3) is 0 Å². The summed E-state index contributed by atoms with van der Waals surface area (Å²) in [6, 6.07) is 12.3. The summed E-state index contributed by atoms with van der Waals surface area (Å²) >= 11 is 0. The summed E-state index contributed by atoms with van der Waals surface area (Å²) in [7, 11) is 0. The molecule has 1 aromatic heterocycles. The van der Waals surface area contributed by atoms with Gasteiger partial charge in [-0.05, 0) is 51.0 Å². The number of ether oxygens (including phenoxy) is 1. The first kappa shape index (κ1) is 18.9. The zero-order valence-electron chi connectivity index (χ0n) is 15.7. The number of rotatable bonds is 6. The normalized spacial score (nSPS) is 14.2. The summed E-state index contributed by atoms with van der Waals surface area (Å²) in [6.45, 7) is 3.85. The van der Waals surface area contributed by atoms with E-state index in [1.165, 1.54) is 0 Å². The van der Waals surface area contributed by atoms with Crippen LogP contribution < -0.4 is 15.4 Å². The number of pyridine rings is 1. The molecule has 3 rings (SSSR count). The molecule has 6 nitrogen and oxygen atoms in total. The highest BCUT2D eigenvalue weighted by atomic mass is 16.5. The number of carbonyl (C=O) groups excluding carboxylic acids is 2. The van der Waals surface area contributed by atoms with E-state index in [0.717, 1.165) is 25.7 Å². The van der Waals surface area contributed by atoms with Crippen LogP contribution in [-0.2, 0) is 0 Å². The number of para-hydroxylation sites is 2. The minimum atomic E-state index is -0.384. The second kappa shape index (κ2) is 8.66. The van der Waals surface area contributed by atoms with Gasteiger partial charge in [-0.2, -0.15) is 0 Å². The Labute approximate surface area is 159 Å². The molecule has 6 heteroatoms. The van der Waals surface area contributed by atoms with Gasteiger partial charge in [-0.1, -0.05) is 31.0 Å². The minimum absolute atomic E-state index is 0.0104. The molecule has 1 saturated carbocycles. The van der Waals surface area contributed by atoms with Crippen LogP contribution in [0.15, 0.2) is 42.5 Å². The topological polar surface area (TPSA) is 80.3 Å². The summed E-state index contributed by atoms with van der Waals surface area (Å²) in [5, 5.41) is 5.80. The third-order valence-corrected chi connectivity index (χ3v) is 4.40. The van der Waals surface area contributed by atoms with Gasteiger partial charge >= 0.3 is 0 Å². The van der Waals surface area contributed by atoms with Gasteiger partial charge in [-0.15, -0.1) is 0 Å². The fourth-order valence-electron chi connectivity index (χ4n) is 3.13. The van der Waals surface area contributed by atoms with Crippen LogP contribution in [0, 0.1) is 0 Å². The maximum absolute atomic E-state index is 12.6. The number of hydrogen-bond donors (Lipinski definition) is 2. The maximum Gasteiger partial charge on any atom is 0.274 e. The molecule has 0 saturated heterocycles. The Morgan fingerprint density at radius 2 is 1.67 bits per heavy atom. The van der Waals surface area contributed by atoms with Gasteiger partial charge in [0.1, 0.15) is 17.1 Å². The SMILES string of the molecule is CC(C)Oc1ccccc1NC(=O)c1cccc(C(=O)NC2CCCC2)n1. The predicted octanol–water partition coefficient (Wildman–Crippen LogP) is 3.79. The van der Waals surface area contributed by atoms with E-state index in [9.17, 15) is 9.59 Å². The molecular weight excluding hydrogens is 342 g/mol. The summed E-state index contributed by atoms with van der Waals surface area (Å²) in [6.07, 6.45) is 4.26. The molecule has 0 radical (unpaired) electrons. The van der Waals surface area contributed by atoms with Gasteiger partial charge in [0.25, 0.3) is 11.8 Å². The van der Waals surface area contributed by atoms with E-state index in [0.29, 0.717) is 11.4 Å². The van der Waals surface area contributed by atoms with E-state index >= 15 is 0 Å². The second-order valence-corrected chi connectivity index (χ2v) is 6.98. The van der Waals surface area contributed by atoms with Crippen molar-refractivity contribution in [2.24, 2.45) is 0 Å². The first-order valence-corrected chi connectivity index (χ1v) is 9.38. The van der Waals surface area contributed by atoms with Crippen molar-refractivity contribution in [3.8, 4) is 5.75 Å². The molecule has 2 aromatic rings. The number of aromatic nitrogens is 1.